The minimum atomic E-state index is -0.970. The maximum atomic E-state index is 11.2. The number of carboxylic acids is 1. The topological polar surface area (TPSA) is 81.9 Å². The molecule has 2 aromatic rings. The van der Waals surface area contributed by atoms with Crippen LogP contribution < -0.4 is 5.32 Å². The number of carboxylic acid groups (broad SMARTS) is 1. The molecule has 0 amide bonds. The predicted octanol–water partition coefficient (Wildman–Crippen LogP) is 4.16. The molecule has 120 valence electrons. The summed E-state index contributed by atoms with van der Waals surface area (Å²) in [6.07, 6.45) is 2.08. The first-order valence-corrected chi connectivity index (χ1v) is 8.41. The summed E-state index contributed by atoms with van der Waals surface area (Å²) < 4.78 is 0. The lowest BCUT2D eigenvalue weighted by Gasteiger charge is -2.28. The van der Waals surface area contributed by atoms with E-state index in [-0.39, 0.29) is 22.5 Å². The van der Waals surface area contributed by atoms with E-state index in [0.29, 0.717) is 17.2 Å². The first kappa shape index (κ1) is 14.8. The maximum absolute atomic E-state index is 11.2. The Labute approximate surface area is 142 Å². The smallest absolute Gasteiger partial charge is 0.335 e. The Kier molecular flexibility index (Phi) is 3.54. The highest BCUT2D eigenvalue weighted by Crippen LogP contribution is 2.50. The van der Waals surface area contributed by atoms with Gasteiger partial charge < -0.3 is 15.5 Å². The van der Waals surface area contributed by atoms with Crippen LogP contribution in [-0.4, -0.2) is 22.0 Å². The van der Waals surface area contributed by atoms with E-state index < -0.39 is 5.97 Å². The molecule has 2 heterocycles. The molecule has 0 radical (unpaired) electrons. The molecule has 2 aliphatic heterocycles. The summed E-state index contributed by atoms with van der Waals surface area (Å²) in [5.41, 5.74) is 2.49. The summed E-state index contributed by atoms with van der Waals surface area (Å²) >= 11 is 1.69. The van der Waals surface area contributed by atoms with E-state index in [4.69, 9.17) is 0 Å². The number of hydrogen-bond acceptors (Lipinski definition) is 5. The van der Waals surface area contributed by atoms with Crippen LogP contribution >= 0.6 is 11.8 Å². The summed E-state index contributed by atoms with van der Waals surface area (Å²) in [7, 11) is 0. The lowest BCUT2D eigenvalue weighted by molar-refractivity contribution is 0.0697. The molecule has 24 heavy (non-hydrogen) atoms. The van der Waals surface area contributed by atoms with Gasteiger partial charge in [0.1, 0.15) is 11.6 Å². The van der Waals surface area contributed by atoms with Gasteiger partial charge in [-0.15, -0.1) is 11.8 Å². The molecule has 2 aliphatic rings. The standard InChI is InChI=1S/C18H14N2O3S/c21-15-4-2-1-3-13(15)19-17-12-7-8-24-16(12)11-6-5-10(18(22)23)9-14(11)20-17/h1-9,12,16,21H,(H,19,20)(H,22,23). The second-order valence-electron chi connectivity index (χ2n) is 5.63. The predicted molar refractivity (Wildman–Crippen MR) is 95.2 cm³/mol. The van der Waals surface area contributed by atoms with E-state index in [9.17, 15) is 15.0 Å². The van der Waals surface area contributed by atoms with Crippen LogP contribution in [0.1, 0.15) is 21.2 Å². The molecular weight excluding hydrogens is 324 g/mol. The molecule has 5 nitrogen and oxygen atoms in total. The van der Waals surface area contributed by atoms with Crippen molar-refractivity contribution in [1.29, 1.82) is 0 Å². The molecular formula is C18H14N2O3S. The number of aliphatic imine (C=N–C) groups is 1. The van der Waals surface area contributed by atoms with Gasteiger partial charge >= 0.3 is 5.97 Å². The lowest BCUT2D eigenvalue weighted by atomic mass is 9.92. The highest BCUT2D eigenvalue weighted by atomic mass is 32.2. The van der Waals surface area contributed by atoms with E-state index in [0.717, 1.165) is 5.56 Å². The number of aromatic hydroxyl groups is 1. The van der Waals surface area contributed by atoms with Gasteiger partial charge in [0.05, 0.1) is 22.9 Å². The molecule has 0 bridgehead atoms. The SMILES string of the molecule is O=C(O)c1ccc2c(c1)N=C(Nc1ccccc1O)C1C=CSC21. The molecule has 0 saturated carbocycles. The first-order valence-electron chi connectivity index (χ1n) is 7.46. The Morgan fingerprint density at radius 2 is 2.04 bits per heavy atom. The molecule has 3 N–H and O–H groups in total. The van der Waals surface area contributed by atoms with Gasteiger partial charge in [-0.2, -0.15) is 0 Å². The fraction of sp³-hybridized carbons (Fsp3) is 0.111. The van der Waals surface area contributed by atoms with Gasteiger partial charge in [0.15, 0.2) is 0 Å². The van der Waals surface area contributed by atoms with Crippen LogP contribution in [-0.2, 0) is 0 Å². The highest BCUT2D eigenvalue weighted by molar-refractivity contribution is 8.02. The summed E-state index contributed by atoms with van der Waals surface area (Å²) in [5.74, 6) is -0.0467. The number of aromatic carboxylic acids is 1. The number of benzene rings is 2. The van der Waals surface area contributed by atoms with Crippen molar-refractivity contribution in [3.8, 4) is 5.75 Å². The molecule has 4 rings (SSSR count). The third kappa shape index (κ3) is 2.45. The first-order chi connectivity index (χ1) is 11.6. The number of amidine groups is 1. The van der Waals surface area contributed by atoms with Gasteiger partial charge in [-0.25, -0.2) is 9.79 Å². The lowest BCUT2D eigenvalue weighted by Crippen LogP contribution is -2.27. The van der Waals surface area contributed by atoms with Crippen molar-refractivity contribution in [2.75, 3.05) is 5.32 Å². The normalized spacial score (nSPS) is 20.9. The molecule has 0 saturated heterocycles. The molecule has 0 aromatic heterocycles. The number of thioether (sulfide) groups is 1. The third-order valence-electron chi connectivity index (χ3n) is 4.14. The average molecular weight is 338 g/mol. The highest BCUT2D eigenvalue weighted by Gasteiger charge is 2.35. The van der Waals surface area contributed by atoms with E-state index in [1.807, 2.05) is 17.5 Å². The van der Waals surface area contributed by atoms with Crippen LogP contribution in [0.25, 0.3) is 0 Å². The fourth-order valence-corrected chi connectivity index (χ4v) is 4.11. The number of rotatable bonds is 2. The van der Waals surface area contributed by atoms with Crippen LogP contribution in [0.3, 0.4) is 0 Å². The summed E-state index contributed by atoms with van der Waals surface area (Å²) in [6, 6.07) is 12.0. The number of fused-ring (bicyclic) bond motifs is 3. The van der Waals surface area contributed by atoms with Crippen molar-refractivity contribution in [2.24, 2.45) is 10.9 Å². The number of para-hydroxylation sites is 2. The van der Waals surface area contributed by atoms with Crippen molar-refractivity contribution in [1.82, 2.24) is 0 Å². The maximum Gasteiger partial charge on any atom is 0.335 e. The van der Waals surface area contributed by atoms with E-state index in [2.05, 4.69) is 16.4 Å². The number of phenolic OH excluding ortho intramolecular Hbond substituents is 1. The molecule has 6 heteroatoms. The number of carbonyl (C=O) groups is 1. The van der Waals surface area contributed by atoms with Gasteiger partial charge in [0, 0.05) is 5.25 Å². The zero-order valence-electron chi connectivity index (χ0n) is 12.5. The van der Waals surface area contributed by atoms with Crippen molar-refractivity contribution < 1.29 is 15.0 Å². The van der Waals surface area contributed by atoms with E-state index in [1.54, 1.807) is 42.1 Å². The molecule has 2 atom stereocenters. The van der Waals surface area contributed by atoms with Crippen molar-refractivity contribution in [3.05, 3.63) is 65.1 Å². The van der Waals surface area contributed by atoms with Crippen molar-refractivity contribution >= 4 is 34.9 Å². The summed E-state index contributed by atoms with van der Waals surface area (Å²) in [6.45, 7) is 0. The molecule has 0 spiro atoms. The Balaban J connectivity index is 1.78. The molecule has 2 aromatic carbocycles. The number of nitrogens with zero attached hydrogens (tertiary/aromatic N) is 1. The van der Waals surface area contributed by atoms with Gasteiger partial charge in [0.2, 0.25) is 0 Å². The van der Waals surface area contributed by atoms with E-state index in [1.165, 1.54) is 0 Å². The van der Waals surface area contributed by atoms with Crippen molar-refractivity contribution in [2.45, 2.75) is 5.25 Å². The zero-order valence-corrected chi connectivity index (χ0v) is 13.3. The van der Waals surface area contributed by atoms with Crippen LogP contribution in [0, 0.1) is 5.92 Å². The largest absolute Gasteiger partial charge is 0.506 e. The Morgan fingerprint density at radius 1 is 1.21 bits per heavy atom. The molecule has 0 fully saturated rings. The molecule has 0 aliphatic carbocycles. The minimum Gasteiger partial charge on any atom is -0.506 e. The number of hydrogen-bond donors (Lipinski definition) is 3. The van der Waals surface area contributed by atoms with E-state index >= 15 is 0 Å². The van der Waals surface area contributed by atoms with Crippen molar-refractivity contribution in [3.63, 3.8) is 0 Å². The average Bonchev–Trinajstić information content (AvgIpc) is 3.06. The minimum absolute atomic E-state index is 0.0674. The Hall–Kier alpha value is -2.73. The Bertz CT molecular complexity index is 892. The number of nitrogens with one attached hydrogen (secondary N) is 1. The fourth-order valence-electron chi connectivity index (χ4n) is 2.95. The van der Waals surface area contributed by atoms with Crippen LogP contribution in [0.15, 0.2) is 58.9 Å². The molecule has 2 unspecified atom stereocenters. The van der Waals surface area contributed by atoms with Gasteiger partial charge in [0.25, 0.3) is 0 Å². The van der Waals surface area contributed by atoms with Crippen LogP contribution in [0.5, 0.6) is 5.75 Å². The van der Waals surface area contributed by atoms with Gasteiger partial charge in [-0.3, -0.25) is 0 Å². The second-order valence-corrected chi connectivity index (χ2v) is 6.68. The van der Waals surface area contributed by atoms with Gasteiger partial charge in [-0.1, -0.05) is 24.3 Å². The Morgan fingerprint density at radius 3 is 2.83 bits per heavy atom. The zero-order chi connectivity index (χ0) is 16.7. The monoisotopic (exact) mass is 338 g/mol. The second kappa shape index (κ2) is 5.72. The van der Waals surface area contributed by atoms with Crippen LogP contribution in [0.4, 0.5) is 11.4 Å². The summed E-state index contributed by atoms with van der Waals surface area (Å²) in [5, 5.41) is 24.6. The summed E-state index contributed by atoms with van der Waals surface area (Å²) in [4.78, 5) is 15.9. The van der Waals surface area contributed by atoms with Crippen LogP contribution in [0.2, 0.25) is 0 Å². The number of phenols is 1. The number of anilines is 1. The quantitative estimate of drug-likeness (QED) is 0.716. The third-order valence-corrected chi connectivity index (χ3v) is 5.30. The van der Waals surface area contributed by atoms with Gasteiger partial charge in [-0.05, 0) is 35.2 Å².